The Morgan fingerprint density at radius 2 is 2.33 bits per heavy atom. The zero-order valence-electron chi connectivity index (χ0n) is 6.11. The molecule has 0 radical (unpaired) electrons. The Bertz CT molecular complexity index is 487. The van der Waals surface area contributed by atoms with Crippen LogP contribution >= 0.6 is 0 Å². The molecule has 0 spiro atoms. The number of fused-ring (bicyclic) bond motifs is 3. The van der Waals surface area contributed by atoms with Gasteiger partial charge in [-0.2, -0.15) is 5.10 Å². The van der Waals surface area contributed by atoms with E-state index in [0.29, 0.717) is 0 Å². The summed E-state index contributed by atoms with van der Waals surface area (Å²) in [6.07, 6.45) is 3.52. The highest BCUT2D eigenvalue weighted by Gasteiger charge is 2.04. The molecule has 12 heavy (non-hydrogen) atoms. The van der Waals surface area contributed by atoms with E-state index in [2.05, 4.69) is 15.4 Å². The zero-order chi connectivity index (χ0) is 7.97. The van der Waals surface area contributed by atoms with Crippen molar-refractivity contribution in [1.29, 1.82) is 0 Å². The van der Waals surface area contributed by atoms with Gasteiger partial charge < -0.3 is 4.52 Å². The fraction of sp³-hybridized carbons (Fsp3) is 0. The van der Waals surface area contributed by atoms with Crippen LogP contribution in [0.4, 0.5) is 0 Å². The maximum Gasteiger partial charge on any atom is 0.166 e. The van der Waals surface area contributed by atoms with Crippen LogP contribution in [0, 0.1) is 0 Å². The molecule has 0 saturated heterocycles. The van der Waals surface area contributed by atoms with Gasteiger partial charge in [0.2, 0.25) is 0 Å². The number of aromatic nitrogens is 3. The average molecular weight is 159 g/mol. The van der Waals surface area contributed by atoms with E-state index in [-0.39, 0.29) is 0 Å². The molecule has 3 rings (SSSR count). The second-order valence-corrected chi connectivity index (χ2v) is 2.62. The van der Waals surface area contributed by atoms with E-state index in [4.69, 9.17) is 4.52 Å². The largest absolute Gasteiger partial charge is 0.382 e. The van der Waals surface area contributed by atoms with Crippen LogP contribution in [0.3, 0.4) is 0 Å². The van der Waals surface area contributed by atoms with Crippen LogP contribution in [0.25, 0.3) is 21.9 Å². The number of nitrogens with zero attached hydrogens (tertiary/aromatic N) is 2. The summed E-state index contributed by atoms with van der Waals surface area (Å²) in [5.74, 6) is 0. The van der Waals surface area contributed by atoms with E-state index < -0.39 is 0 Å². The van der Waals surface area contributed by atoms with E-state index in [1.165, 1.54) is 0 Å². The Morgan fingerprint density at radius 1 is 1.33 bits per heavy atom. The molecule has 1 N–H and O–H groups in total. The lowest BCUT2D eigenvalue weighted by Gasteiger charge is -1.85. The molecule has 2 aromatic heterocycles. The van der Waals surface area contributed by atoms with E-state index >= 15 is 0 Å². The Balaban J connectivity index is 2.71. The van der Waals surface area contributed by atoms with Crippen molar-refractivity contribution in [2.45, 2.75) is 0 Å². The molecule has 0 unspecified atom stereocenters. The predicted molar refractivity (Wildman–Crippen MR) is 43.7 cm³/mol. The van der Waals surface area contributed by atoms with Crippen molar-refractivity contribution in [1.82, 2.24) is 15.4 Å². The Kier molecular flexibility index (Phi) is 0.889. The average Bonchev–Trinajstić information content (AvgIpc) is 2.71. The predicted octanol–water partition coefficient (Wildman–Crippen LogP) is 1.70. The normalized spacial score (nSPS) is 11.3. The molecule has 58 valence electrons. The number of benzene rings is 1. The highest BCUT2D eigenvalue weighted by atomic mass is 16.5. The van der Waals surface area contributed by atoms with Gasteiger partial charge in [0.15, 0.2) is 5.58 Å². The van der Waals surface area contributed by atoms with Crippen LogP contribution < -0.4 is 0 Å². The summed E-state index contributed by atoms with van der Waals surface area (Å²) in [7, 11) is 0. The fourth-order valence-electron chi connectivity index (χ4n) is 1.35. The van der Waals surface area contributed by atoms with Crippen molar-refractivity contribution >= 4 is 21.9 Å². The molecule has 0 bridgehead atoms. The lowest BCUT2D eigenvalue weighted by atomic mass is 10.2. The van der Waals surface area contributed by atoms with Gasteiger partial charge >= 0.3 is 0 Å². The second kappa shape index (κ2) is 1.85. The van der Waals surface area contributed by atoms with Crippen LogP contribution in [0.2, 0.25) is 0 Å². The van der Waals surface area contributed by atoms with Gasteiger partial charge in [-0.25, -0.2) is 5.16 Å². The summed E-state index contributed by atoms with van der Waals surface area (Å²) in [6.45, 7) is 0. The molecule has 4 nitrogen and oxygen atoms in total. The van der Waals surface area contributed by atoms with Crippen LogP contribution in [0.1, 0.15) is 0 Å². The quantitative estimate of drug-likeness (QED) is 0.543. The van der Waals surface area contributed by atoms with E-state index in [9.17, 15) is 0 Å². The topological polar surface area (TPSA) is 54.7 Å². The lowest BCUT2D eigenvalue weighted by Crippen LogP contribution is -1.69. The van der Waals surface area contributed by atoms with Gasteiger partial charge in [0.1, 0.15) is 5.52 Å². The van der Waals surface area contributed by atoms with Crippen LogP contribution in [0.15, 0.2) is 29.0 Å². The first kappa shape index (κ1) is 5.77. The van der Waals surface area contributed by atoms with Crippen LogP contribution in [-0.2, 0) is 0 Å². The zero-order valence-corrected chi connectivity index (χ0v) is 6.11. The smallest absolute Gasteiger partial charge is 0.166 e. The molecule has 0 atom stereocenters. The number of nitrogens with one attached hydrogen (secondary N) is 1. The summed E-state index contributed by atoms with van der Waals surface area (Å²) in [5, 5.41) is 12.5. The summed E-state index contributed by atoms with van der Waals surface area (Å²) in [5.41, 5.74) is 1.69. The lowest BCUT2D eigenvalue weighted by molar-refractivity contribution is 0.456. The first-order chi connectivity index (χ1) is 5.95. The number of aromatic amines is 1. The SMILES string of the molecule is c1cc2o[nH]cc2c2nncc12. The summed E-state index contributed by atoms with van der Waals surface area (Å²) < 4.78 is 5.10. The molecular formula is C8H5N3O. The molecule has 0 amide bonds. The maximum absolute atomic E-state index is 5.10. The standard InChI is InChI=1S/C8H5N3O/c1-2-7-6(4-10-12-7)8-5(1)3-9-11-8/h1-4,10H. The van der Waals surface area contributed by atoms with Crippen molar-refractivity contribution in [2.75, 3.05) is 0 Å². The molecule has 1 aromatic carbocycles. The monoisotopic (exact) mass is 159 g/mol. The molecule has 0 aliphatic rings. The van der Waals surface area contributed by atoms with Crippen molar-refractivity contribution in [3.05, 3.63) is 24.5 Å². The number of H-pyrrole nitrogens is 1. The third-order valence-electron chi connectivity index (χ3n) is 1.93. The molecule has 3 aromatic rings. The molecule has 0 saturated carbocycles. The Hall–Kier alpha value is -1.84. The summed E-state index contributed by atoms with van der Waals surface area (Å²) >= 11 is 0. The van der Waals surface area contributed by atoms with Crippen molar-refractivity contribution in [3.63, 3.8) is 0 Å². The third kappa shape index (κ3) is 0.567. The van der Waals surface area contributed by atoms with Crippen molar-refractivity contribution < 1.29 is 4.52 Å². The number of rotatable bonds is 0. The molecule has 0 aliphatic carbocycles. The molecule has 0 fully saturated rings. The van der Waals surface area contributed by atoms with E-state index in [0.717, 1.165) is 21.9 Å². The molecular weight excluding hydrogens is 154 g/mol. The minimum Gasteiger partial charge on any atom is -0.382 e. The van der Waals surface area contributed by atoms with Gasteiger partial charge in [0.05, 0.1) is 11.6 Å². The van der Waals surface area contributed by atoms with E-state index in [1.54, 1.807) is 12.4 Å². The highest BCUT2D eigenvalue weighted by molar-refractivity contribution is 6.02. The van der Waals surface area contributed by atoms with Crippen molar-refractivity contribution in [2.24, 2.45) is 0 Å². The second-order valence-electron chi connectivity index (χ2n) is 2.62. The minimum absolute atomic E-state index is 0.808. The first-order valence-electron chi connectivity index (χ1n) is 3.62. The third-order valence-corrected chi connectivity index (χ3v) is 1.93. The fourth-order valence-corrected chi connectivity index (χ4v) is 1.35. The van der Waals surface area contributed by atoms with Crippen LogP contribution in [-0.4, -0.2) is 15.4 Å². The Morgan fingerprint density at radius 3 is 3.33 bits per heavy atom. The van der Waals surface area contributed by atoms with Gasteiger partial charge in [-0.1, -0.05) is 0 Å². The molecule has 4 heteroatoms. The van der Waals surface area contributed by atoms with Gasteiger partial charge in [0.25, 0.3) is 0 Å². The van der Waals surface area contributed by atoms with E-state index in [1.807, 2.05) is 12.1 Å². The Labute approximate surface area is 67.2 Å². The van der Waals surface area contributed by atoms with Gasteiger partial charge in [0, 0.05) is 11.6 Å². The summed E-state index contributed by atoms with van der Waals surface area (Å²) in [6, 6.07) is 3.84. The number of hydrogen-bond acceptors (Lipinski definition) is 3. The van der Waals surface area contributed by atoms with Gasteiger partial charge in [-0.05, 0) is 12.1 Å². The summed E-state index contributed by atoms with van der Waals surface area (Å²) in [4.78, 5) is 0. The molecule has 0 aliphatic heterocycles. The minimum atomic E-state index is 0.808. The van der Waals surface area contributed by atoms with Gasteiger partial charge in [-0.3, -0.25) is 0 Å². The number of hydrogen-bond donors (Lipinski definition) is 1. The maximum atomic E-state index is 5.10. The highest BCUT2D eigenvalue weighted by Crippen LogP contribution is 2.22. The van der Waals surface area contributed by atoms with Gasteiger partial charge in [-0.15, -0.1) is 5.10 Å². The molecule has 2 heterocycles. The van der Waals surface area contributed by atoms with Crippen LogP contribution in [0.5, 0.6) is 0 Å². The van der Waals surface area contributed by atoms with Crippen molar-refractivity contribution in [3.8, 4) is 0 Å². The first-order valence-corrected chi connectivity index (χ1v) is 3.62.